The van der Waals surface area contributed by atoms with Crippen LogP contribution >= 0.6 is 0 Å². The molecule has 0 aliphatic carbocycles. The van der Waals surface area contributed by atoms with Gasteiger partial charge >= 0.3 is 0 Å². The highest BCUT2D eigenvalue weighted by Crippen LogP contribution is 2.28. The number of H-pyrrole nitrogens is 2. The molecule has 4 rings (SSSR count). The molecule has 0 aliphatic rings. The van der Waals surface area contributed by atoms with Crippen LogP contribution in [0.25, 0.3) is 22.0 Å². The molecule has 22 heavy (non-hydrogen) atoms. The Morgan fingerprint density at radius 1 is 0.909 bits per heavy atom. The third-order valence-electron chi connectivity index (χ3n) is 3.89. The molecule has 3 heteroatoms. The summed E-state index contributed by atoms with van der Waals surface area (Å²) in [5.41, 5.74) is 4.45. The fraction of sp³-hybridized carbons (Fsp3) is 0. The van der Waals surface area contributed by atoms with Gasteiger partial charge in [0, 0.05) is 40.8 Å². The molecule has 0 atom stereocenters. The van der Waals surface area contributed by atoms with Crippen molar-refractivity contribution >= 4 is 16.7 Å². The Balaban J connectivity index is 1.81. The van der Waals surface area contributed by atoms with Crippen molar-refractivity contribution < 1.29 is 4.79 Å². The Bertz CT molecular complexity index is 948. The van der Waals surface area contributed by atoms with Gasteiger partial charge in [-0.2, -0.15) is 0 Å². The summed E-state index contributed by atoms with van der Waals surface area (Å²) < 4.78 is 0. The molecule has 0 spiro atoms. The van der Waals surface area contributed by atoms with Crippen molar-refractivity contribution in [1.82, 2.24) is 9.97 Å². The number of fused-ring (bicyclic) bond motifs is 1. The zero-order valence-corrected chi connectivity index (χ0v) is 11.8. The lowest BCUT2D eigenvalue weighted by molar-refractivity contribution is 0.103. The smallest absolute Gasteiger partial charge is 0.195 e. The lowest BCUT2D eigenvalue weighted by Crippen LogP contribution is -2.01. The van der Waals surface area contributed by atoms with Gasteiger partial charge in [0.15, 0.2) is 5.78 Å². The van der Waals surface area contributed by atoms with Gasteiger partial charge in [-0.3, -0.25) is 4.79 Å². The van der Waals surface area contributed by atoms with Crippen molar-refractivity contribution in [3.8, 4) is 11.1 Å². The summed E-state index contributed by atoms with van der Waals surface area (Å²) >= 11 is 0. The molecule has 0 radical (unpaired) electrons. The minimum Gasteiger partial charge on any atom is -0.366 e. The first-order valence-electron chi connectivity index (χ1n) is 7.17. The summed E-state index contributed by atoms with van der Waals surface area (Å²) in [5, 5.41) is 1.14. The largest absolute Gasteiger partial charge is 0.366 e. The predicted octanol–water partition coefficient (Wildman–Crippen LogP) is 4.39. The average Bonchev–Trinajstić information content (AvgIpc) is 3.23. The van der Waals surface area contributed by atoms with Gasteiger partial charge in [-0.1, -0.05) is 36.4 Å². The zero-order chi connectivity index (χ0) is 14.9. The number of benzene rings is 2. The summed E-state index contributed by atoms with van der Waals surface area (Å²) in [4.78, 5) is 18.9. The first kappa shape index (κ1) is 12.7. The van der Waals surface area contributed by atoms with Crippen molar-refractivity contribution in [2.75, 3.05) is 0 Å². The molecule has 0 saturated heterocycles. The van der Waals surface area contributed by atoms with E-state index in [9.17, 15) is 4.79 Å². The monoisotopic (exact) mass is 286 g/mol. The second-order valence-electron chi connectivity index (χ2n) is 5.26. The normalized spacial score (nSPS) is 10.9. The van der Waals surface area contributed by atoms with E-state index in [1.807, 2.05) is 60.9 Å². The first-order chi connectivity index (χ1) is 10.8. The summed E-state index contributed by atoms with van der Waals surface area (Å²) in [6, 6.07) is 17.5. The molecule has 2 aromatic heterocycles. The molecule has 0 unspecified atom stereocenters. The van der Waals surface area contributed by atoms with Crippen molar-refractivity contribution in [1.29, 1.82) is 0 Å². The fourth-order valence-electron chi connectivity index (χ4n) is 2.76. The molecular formula is C19H14N2O. The van der Waals surface area contributed by atoms with E-state index in [2.05, 4.69) is 16.0 Å². The first-order valence-corrected chi connectivity index (χ1v) is 7.17. The maximum Gasteiger partial charge on any atom is 0.195 e. The Hall–Kier alpha value is -3.07. The van der Waals surface area contributed by atoms with Crippen LogP contribution in [0.3, 0.4) is 0 Å². The molecule has 3 nitrogen and oxygen atoms in total. The van der Waals surface area contributed by atoms with Crippen LogP contribution in [0.5, 0.6) is 0 Å². The van der Waals surface area contributed by atoms with E-state index >= 15 is 0 Å². The quantitative estimate of drug-likeness (QED) is 0.539. The number of rotatable bonds is 3. The highest BCUT2D eigenvalue weighted by Gasteiger charge is 2.15. The van der Waals surface area contributed by atoms with Gasteiger partial charge in [0.25, 0.3) is 0 Å². The van der Waals surface area contributed by atoms with Crippen LogP contribution in [0.1, 0.15) is 15.9 Å². The number of hydrogen-bond acceptors (Lipinski definition) is 1. The molecule has 0 fully saturated rings. The second kappa shape index (κ2) is 5.04. The predicted molar refractivity (Wildman–Crippen MR) is 88.0 cm³/mol. The molecule has 0 saturated carbocycles. The van der Waals surface area contributed by atoms with E-state index in [1.54, 1.807) is 6.20 Å². The maximum atomic E-state index is 12.7. The Morgan fingerprint density at radius 2 is 1.77 bits per heavy atom. The van der Waals surface area contributed by atoms with Crippen molar-refractivity contribution in [3.63, 3.8) is 0 Å². The highest BCUT2D eigenvalue weighted by molar-refractivity contribution is 6.13. The number of ketones is 1. The number of aromatic nitrogens is 2. The van der Waals surface area contributed by atoms with Gasteiger partial charge in [0.1, 0.15) is 0 Å². The van der Waals surface area contributed by atoms with Crippen LogP contribution in [0.15, 0.2) is 73.2 Å². The van der Waals surface area contributed by atoms with Gasteiger partial charge in [-0.05, 0) is 29.1 Å². The number of carbonyl (C=O) groups is 1. The van der Waals surface area contributed by atoms with E-state index in [-0.39, 0.29) is 5.78 Å². The SMILES string of the molecule is O=C(c1ccccc1)c1c[nH]cc1-c1ccc2[nH]ccc2c1. The van der Waals surface area contributed by atoms with Gasteiger partial charge in [-0.25, -0.2) is 0 Å². The number of hydrogen-bond donors (Lipinski definition) is 2. The maximum absolute atomic E-state index is 12.7. The van der Waals surface area contributed by atoms with Crippen molar-refractivity contribution in [2.45, 2.75) is 0 Å². The number of carbonyl (C=O) groups excluding carboxylic acids is 1. The highest BCUT2D eigenvalue weighted by atomic mass is 16.1. The molecule has 0 amide bonds. The zero-order valence-electron chi connectivity index (χ0n) is 11.8. The summed E-state index contributed by atoms with van der Waals surface area (Å²) in [5.74, 6) is 0.0333. The molecule has 4 aromatic rings. The van der Waals surface area contributed by atoms with E-state index in [0.29, 0.717) is 11.1 Å². The van der Waals surface area contributed by atoms with Crippen LogP contribution < -0.4 is 0 Å². The average molecular weight is 286 g/mol. The van der Waals surface area contributed by atoms with E-state index in [0.717, 1.165) is 22.0 Å². The fourth-order valence-corrected chi connectivity index (χ4v) is 2.76. The van der Waals surface area contributed by atoms with E-state index in [4.69, 9.17) is 0 Å². The van der Waals surface area contributed by atoms with Gasteiger partial charge in [-0.15, -0.1) is 0 Å². The summed E-state index contributed by atoms with van der Waals surface area (Å²) in [6.07, 6.45) is 5.57. The summed E-state index contributed by atoms with van der Waals surface area (Å²) in [6.45, 7) is 0. The number of nitrogens with one attached hydrogen (secondary N) is 2. The van der Waals surface area contributed by atoms with Crippen LogP contribution in [-0.2, 0) is 0 Å². The topological polar surface area (TPSA) is 48.6 Å². The van der Waals surface area contributed by atoms with Crippen LogP contribution in [0.2, 0.25) is 0 Å². The van der Waals surface area contributed by atoms with E-state index in [1.165, 1.54) is 0 Å². The standard InChI is InChI=1S/C19H14N2O/c22-19(13-4-2-1-3-5-13)17-12-20-11-16(17)14-6-7-18-15(10-14)8-9-21-18/h1-12,20-21H. The molecule has 0 aliphatic heterocycles. The minimum absolute atomic E-state index is 0.0333. The van der Waals surface area contributed by atoms with Crippen LogP contribution in [-0.4, -0.2) is 15.8 Å². The molecule has 2 heterocycles. The van der Waals surface area contributed by atoms with Gasteiger partial charge in [0.2, 0.25) is 0 Å². The molecular weight excluding hydrogens is 272 g/mol. The molecule has 0 bridgehead atoms. The summed E-state index contributed by atoms with van der Waals surface area (Å²) in [7, 11) is 0. The Labute approximate surface area is 127 Å². The van der Waals surface area contributed by atoms with Crippen LogP contribution in [0, 0.1) is 0 Å². The van der Waals surface area contributed by atoms with Gasteiger partial charge in [0.05, 0.1) is 0 Å². The lowest BCUT2D eigenvalue weighted by Gasteiger charge is -2.04. The Morgan fingerprint density at radius 3 is 2.64 bits per heavy atom. The van der Waals surface area contributed by atoms with Crippen LogP contribution in [0.4, 0.5) is 0 Å². The Kier molecular flexibility index (Phi) is 2.90. The lowest BCUT2D eigenvalue weighted by atomic mass is 9.97. The molecule has 106 valence electrons. The third kappa shape index (κ3) is 2.04. The number of aromatic amines is 2. The third-order valence-corrected chi connectivity index (χ3v) is 3.89. The molecule has 2 N–H and O–H groups in total. The second-order valence-corrected chi connectivity index (χ2v) is 5.26. The minimum atomic E-state index is 0.0333. The van der Waals surface area contributed by atoms with Crippen molar-refractivity contribution in [3.05, 3.63) is 84.3 Å². The van der Waals surface area contributed by atoms with Gasteiger partial charge < -0.3 is 9.97 Å². The molecule has 2 aromatic carbocycles. The van der Waals surface area contributed by atoms with E-state index < -0.39 is 0 Å². The van der Waals surface area contributed by atoms with Crippen molar-refractivity contribution in [2.24, 2.45) is 0 Å².